The average Bonchev–Trinajstić information content (AvgIpc) is 2.50. The van der Waals surface area contributed by atoms with E-state index < -0.39 is 0 Å². The van der Waals surface area contributed by atoms with E-state index in [1.807, 2.05) is 20.8 Å². The molecule has 0 bridgehead atoms. The Morgan fingerprint density at radius 1 is 1.36 bits per heavy atom. The Kier molecular flexibility index (Phi) is 2.30. The molecule has 0 amide bonds. The van der Waals surface area contributed by atoms with Gasteiger partial charge >= 0.3 is 5.97 Å². The first-order valence-corrected chi connectivity index (χ1v) is 5.40. The van der Waals surface area contributed by atoms with Gasteiger partial charge in [0.15, 0.2) is 0 Å². The number of fused-ring (bicyclic) bond motifs is 1. The second-order valence-corrected chi connectivity index (χ2v) is 5.44. The van der Waals surface area contributed by atoms with Crippen LogP contribution in [0.25, 0.3) is 0 Å². The monoisotopic (exact) mass is 197 g/mol. The highest BCUT2D eigenvalue weighted by Gasteiger charge is 2.53. The third-order valence-electron chi connectivity index (χ3n) is 3.09. The molecule has 80 valence electrons. The number of esters is 1. The van der Waals surface area contributed by atoms with Gasteiger partial charge < -0.3 is 10.1 Å². The number of hydrogen-bond donors (Lipinski definition) is 1. The number of piperidine rings is 1. The summed E-state index contributed by atoms with van der Waals surface area (Å²) < 4.78 is 5.29. The first kappa shape index (κ1) is 9.97. The number of carbonyl (C=O) groups excluding carboxylic acids is 1. The zero-order valence-corrected chi connectivity index (χ0v) is 9.17. The molecule has 2 rings (SSSR count). The van der Waals surface area contributed by atoms with Crippen molar-refractivity contribution in [2.75, 3.05) is 13.1 Å². The summed E-state index contributed by atoms with van der Waals surface area (Å²) in [5.41, 5.74) is -0.334. The Morgan fingerprint density at radius 2 is 1.93 bits per heavy atom. The van der Waals surface area contributed by atoms with Crippen LogP contribution in [-0.4, -0.2) is 24.7 Å². The van der Waals surface area contributed by atoms with Crippen molar-refractivity contribution >= 4 is 5.97 Å². The van der Waals surface area contributed by atoms with E-state index in [0.717, 1.165) is 24.9 Å². The van der Waals surface area contributed by atoms with Crippen LogP contribution in [0.4, 0.5) is 0 Å². The van der Waals surface area contributed by atoms with Crippen molar-refractivity contribution in [3.63, 3.8) is 0 Å². The molecule has 3 atom stereocenters. The quantitative estimate of drug-likeness (QED) is 0.676. The minimum Gasteiger partial charge on any atom is -0.460 e. The minimum atomic E-state index is -0.334. The lowest BCUT2D eigenvalue weighted by Gasteiger charge is -2.19. The SMILES string of the molecule is CC(C)(C)OC(=O)CC1[C@H]2CNC[C@@H]12. The molecule has 14 heavy (non-hydrogen) atoms. The van der Waals surface area contributed by atoms with E-state index in [-0.39, 0.29) is 11.6 Å². The largest absolute Gasteiger partial charge is 0.460 e. The summed E-state index contributed by atoms with van der Waals surface area (Å²) in [6, 6.07) is 0. The summed E-state index contributed by atoms with van der Waals surface area (Å²) in [4.78, 5) is 11.5. The summed E-state index contributed by atoms with van der Waals surface area (Å²) in [6.07, 6.45) is 0.619. The van der Waals surface area contributed by atoms with Crippen LogP contribution in [0.2, 0.25) is 0 Å². The van der Waals surface area contributed by atoms with Crippen LogP contribution in [0.1, 0.15) is 27.2 Å². The van der Waals surface area contributed by atoms with Crippen LogP contribution in [0.15, 0.2) is 0 Å². The van der Waals surface area contributed by atoms with E-state index in [1.165, 1.54) is 0 Å². The Morgan fingerprint density at radius 3 is 2.43 bits per heavy atom. The number of carbonyl (C=O) groups is 1. The molecule has 1 heterocycles. The molecule has 3 heteroatoms. The molecule has 2 aliphatic rings. The molecule has 2 fully saturated rings. The molecule has 0 aromatic carbocycles. The topological polar surface area (TPSA) is 38.3 Å². The second kappa shape index (κ2) is 3.23. The van der Waals surface area contributed by atoms with Gasteiger partial charge in [0.1, 0.15) is 5.60 Å². The third-order valence-corrected chi connectivity index (χ3v) is 3.09. The van der Waals surface area contributed by atoms with Crippen LogP contribution in [0, 0.1) is 17.8 Å². The molecule has 1 saturated heterocycles. The number of ether oxygens (including phenoxy) is 1. The molecule has 0 spiro atoms. The maximum atomic E-state index is 11.5. The minimum absolute atomic E-state index is 0.0306. The number of nitrogens with one attached hydrogen (secondary N) is 1. The molecule has 3 nitrogen and oxygen atoms in total. The molecule has 0 radical (unpaired) electrons. The summed E-state index contributed by atoms with van der Waals surface area (Å²) in [5, 5.41) is 3.32. The van der Waals surface area contributed by atoms with Crippen molar-refractivity contribution in [3.8, 4) is 0 Å². The van der Waals surface area contributed by atoms with E-state index in [4.69, 9.17) is 4.74 Å². The van der Waals surface area contributed by atoms with E-state index in [9.17, 15) is 4.79 Å². The van der Waals surface area contributed by atoms with Gasteiger partial charge in [-0.1, -0.05) is 0 Å². The molecule has 1 unspecified atom stereocenters. The van der Waals surface area contributed by atoms with Gasteiger partial charge in [-0.05, 0) is 51.6 Å². The molecule has 0 aromatic heterocycles. The van der Waals surface area contributed by atoms with Gasteiger partial charge in [-0.25, -0.2) is 0 Å². The maximum absolute atomic E-state index is 11.5. The smallest absolute Gasteiger partial charge is 0.306 e. The summed E-state index contributed by atoms with van der Waals surface area (Å²) in [7, 11) is 0. The van der Waals surface area contributed by atoms with Gasteiger partial charge in [-0.15, -0.1) is 0 Å². The van der Waals surface area contributed by atoms with Gasteiger partial charge in [0, 0.05) is 6.42 Å². The van der Waals surface area contributed by atoms with Crippen molar-refractivity contribution in [2.45, 2.75) is 32.8 Å². The maximum Gasteiger partial charge on any atom is 0.306 e. The lowest BCUT2D eigenvalue weighted by Crippen LogP contribution is -2.25. The molecular weight excluding hydrogens is 178 g/mol. The van der Waals surface area contributed by atoms with E-state index >= 15 is 0 Å². The van der Waals surface area contributed by atoms with Crippen molar-refractivity contribution in [3.05, 3.63) is 0 Å². The predicted octanol–water partition coefficient (Wildman–Crippen LogP) is 1.18. The second-order valence-electron chi connectivity index (χ2n) is 5.44. The Balaban J connectivity index is 1.74. The molecule has 1 N–H and O–H groups in total. The fourth-order valence-corrected chi connectivity index (χ4v) is 2.42. The molecule has 1 saturated carbocycles. The highest BCUT2D eigenvalue weighted by molar-refractivity contribution is 5.70. The zero-order valence-electron chi connectivity index (χ0n) is 9.17. The summed E-state index contributed by atoms with van der Waals surface area (Å²) in [6.45, 7) is 7.94. The highest BCUT2D eigenvalue weighted by atomic mass is 16.6. The van der Waals surface area contributed by atoms with Crippen molar-refractivity contribution in [1.29, 1.82) is 0 Å². The van der Waals surface area contributed by atoms with Crippen LogP contribution < -0.4 is 5.32 Å². The molecular formula is C11H19NO2. The van der Waals surface area contributed by atoms with Gasteiger partial charge in [0.05, 0.1) is 0 Å². The lowest BCUT2D eigenvalue weighted by molar-refractivity contribution is -0.155. The number of rotatable bonds is 2. The predicted molar refractivity (Wildman–Crippen MR) is 53.8 cm³/mol. The van der Waals surface area contributed by atoms with Crippen LogP contribution in [-0.2, 0) is 9.53 Å². The Hall–Kier alpha value is -0.570. The Bertz CT molecular complexity index is 234. The average molecular weight is 197 g/mol. The fourth-order valence-electron chi connectivity index (χ4n) is 2.42. The van der Waals surface area contributed by atoms with Crippen molar-refractivity contribution < 1.29 is 9.53 Å². The number of hydrogen-bond acceptors (Lipinski definition) is 3. The lowest BCUT2D eigenvalue weighted by atomic mass is 10.1. The normalized spacial score (nSPS) is 35.2. The zero-order chi connectivity index (χ0) is 10.3. The van der Waals surface area contributed by atoms with Gasteiger partial charge in [0.2, 0.25) is 0 Å². The van der Waals surface area contributed by atoms with Crippen molar-refractivity contribution in [2.24, 2.45) is 17.8 Å². The fraction of sp³-hybridized carbons (Fsp3) is 0.909. The summed E-state index contributed by atoms with van der Waals surface area (Å²) in [5.74, 6) is 2.08. The van der Waals surface area contributed by atoms with Gasteiger partial charge in [0.25, 0.3) is 0 Å². The van der Waals surface area contributed by atoms with Crippen LogP contribution in [0.5, 0.6) is 0 Å². The van der Waals surface area contributed by atoms with E-state index in [1.54, 1.807) is 0 Å². The van der Waals surface area contributed by atoms with Gasteiger partial charge in [-0.3, -0.25) is 4.79 Å². The standard InChI is InChI=1S/C11H19NO2/c1-11(2,3)14-10(13)4-7-8-5-12-6-9(7)8/h7-9,12H,4-6H2,1-3H3/t7?,8-,9+. The third kappa shape index (κ3) is 2.08. The summed E-state index contributed by atoms with van der Waals surface area (Å²) >= 11 is 0. The van der Waals surface area contributed by atoms with Crippen molar-refractivity contribution in [1.82, 2.24) is 5.32 Å². The first-order chi connectivity index (χ1) is 6.47. The van der Waals surface area contributed by atoms with Gasteiger partial charge in [-0.2, -0.15) is 0 Å². The molecule has 1 aliphatic carbocycles. The van der Waals surface area contributed by atoms with E-state index in [2.05, 4.69) is 5.32 Å². The first-order valence-electron chi connectivity index (χ1n) is 5.40. The molecule has 0 aromatic rings. The van der Waals surface area contributed by atoms with Crippen LogP contribution in [0.3, 0.4) is 0 Å². The van der Waals surface area contributed by atoms with Crippen LogP contribution >= 0.6 is 0 Å². The van der Waals surface area contributed by atoms with E-state index in [0.29, 0.717) is 12.3 Å². The highest BCUT2D eigenvalue weighted by Crippen LogP contribution is 2.50. The Labute approximate surface area is 85.2 Å². The molecule has 1 aliphatic heterocycles.